The normalized spacial score (nSPS) is 10.7. The number of carbonyl (C=O) groups excluding carboxylic acids is 1. The van der Waals surface area contributed by atoms with Crippen LogP contribution in [0.3, 0.4) is 0 Å². The Bertz CT molecular complexity index is 455. The van der Waals surface area contributed by atoms with Crippen molar-refractivity contribution in [2.75, 3.05) is 6.54 Å². The summed E-state index contributed by atoms with van der Waals surface area (Å²) in [5, 5.41) is 18.7. The molecule has 4 N–H and O–H groups in total. The van der Waals surface area contributed by atoms with Gasteiger partial charge in [-0.15, -0.1) is 5.10 Å². The van der Waals surface area contributed by atoms with E-state index in [1.165, 1.54) is 4.68 Å². The molecule has 8 nitrogen and oxygen atoms in total. The zero-order chi connectivity index (χ0) is 14.4. The highest BCUT2D eigenvalue weighted by Gasteiger charge is 2.18. The Hall–Kier alpha value is -1.96. The van der Waals surface area contributed by atoms with Crippen molar-refractivity contribution >= 4 is 11.9 Å². The maximum absolute atomic E-state index is 11.7. The van der Waals surface area contributed by atoms with Crippen LogP contribution in [0.4, 0.5) is 0 Å². The SMILES string of the molecule is CC(C)CCNC(=O)Cn1nnc(C(=O)O)c1CN. The molecule has 0 aliphatic carbocycles. The Morgan fingerprint density at radius 1 is 1.47 bits per heavy atom. The summed E-state index contributed by atoms with van der Waals surface area (Å²) in [5.74, 6) is -0.936. The molecule has 1 amide bonds. The molecular formula is C11H19N5O3. The number of carboxylic acids is 1. The van der Waals surface area contributed by atoms with E-state index in [4.69, 9.17) is 10.8 Å². The lowest BCUT2D eigenvalue weighted by Gasteiger charge is -2.08. The zero-order valence-corrected chi connectivity index (χ0v) is 11.1. The number of hydrogen-bond acceptors (Lipinski definition) is 5. The van der Waals surface area contributed by atoms with Gasteiger partial charge in [0.05, 0.1) is 5.69 Å². The van der Waals surface area contributed by atoms with E-state index in [2.05, 4.69) is 29.5 Å². The Kier molecular flexibility index (Phi) is 5.43. The Labute approximate surface area is 111 Å². The highest BCUT2D eigenvalue weighted by Crippen LogP contribution is 2.04. The number of nitrogens with two attached hydrogens (primary N) is 1. The van der Waals surface area contributed by atoms with Crippen molar-refractivity contribution in [1.82, 2.24) is 20.3 Å². The van der Waals surface area contributed by atoms with Crippen molar-refractivity contribution in [2.24, 2.45) is 11.7 Å². The van der Waals surface area contributed by atoms with Crippen molar-refractivity contribution in [2.45, 2.75) is 33.4 Å². The minimum Gasteiger partial charge on any atom is -0.476 e. The predicted octanol–water partition coefficient (Wildman–Crippen LogP) is -0.403. The first-order chi connectivity index (χ1) is 8.95. The van der Waals surface area contributed by atoms with E-state index in [-0.39, 0.29) is 30.4 Å². The standard InChI is InChI=1S/C11H19N5O3/c1-7(2)3-4-13-9(17)6-16-8(5-12)10(11(18)19)14-15-16/h7H,3-6,12H2,1-2H3,(H,13,17)(H,18,19). The molecule has 0 saturated carbocycles. The van der Waals surface area contributed by atoms with E-state index < -0.39 is 5.97 Å². The van der Waals surface area contributed by atoms with Crippen LogP contribution in [-0.2, 0) is 17.9 Å². The van der Waals surface area contributed by atoms with Gasteiger partial charge in [-0.2, -0.15) is 0 Å². The second-order valence-corrected chi connectivity index (χ2v) is 4.58. The molecule has 19 heavy (non-hydrogen) atoms. The van der Waals surface area contributed by atoms with Gasteiger partial charge in [-0.3, -0.25) is 4.79 Å². The van der Waals surface area contributed by atoms with Gasteiger partial charge in [0.2, 0.25) is 5.91 Å². The van der Waals surface area contributed by atoms with Crippen LogP contribution >= 0.6 is 0 Å². The van der Waals surface area contributed by atoms with Crippen molar-refractivity contribution < 1.29 is 14.7 Å². The number of nitrogens with zero attached hydrogens (tertiary/aromatic N) is 3. The lowest BCUT2D eigenvalue weighted by atomic mass is 10.1. The summed E-state index contributed by atoms with van der Waals surface area (Å²) in [4.78, 5) is 22.5. The van der Waals surface area contributed by atoms with Crippen LogP contribution < -0.4 is 11.1 Å². The number of carboxylic acid groups (broad SMARTS) is 1. The molecule has 0 aliphatic rings. The van der Waals surface area contributed by atoms with Gasteiger partial charge in [0, 0.05) is 13.1 Å². The molecule has 0 bridgehead atoms. The first-order valence-corrected chi connectivity index (χ1v) is 6.08. The van der Waals surface area contributed by atoms with Gasteiger partial charge in [0.15, 0.2) is 5.69 Å². The molecule has 0 atom stereocenters. The van der Waals surface area contributed by atoms with Crippen molar-refractivity contribution in [3.63, 3.8) is 0 Å². The molecule has 0 aromatic carbocycles. The van der Waals surface area contributed by atoms with Crippen molar-refractivity contribution in [1.29, 1.82) is 0 Å². The van der Waals surface area contributed by atoms with E-state index >= 15 is 0 Å². The highest BCUT2D eigenvalue weighted by atomic mass is 16.4. The molecule has 1 aromatic heterocycles. The number of aromatic carboxylic acids is 1. The van der Waals surface area contributed by atoms with Gasteiger partial charge in [0.25, 0.3) is 0 Å². The van der Waals surface area contributed by atoms with Gasteiger partial charge in [-0.05, 0) is 12.3 Å². The van der Waals surface area contributed by atoms with Crippen molar-refractivity contribution in [3.8, 4) is 0 Å². The molecule has 0 unspecified atom stereocenters. The number of carbonyl (C=O) groups is 2. The highest BCUT2D eigenvalue weighted by molar-refractivity contribution is 5.86. The maximum atomic E-state index is 11.7. The minimum atomic E-state index is -1.20. The summed E-state index contributed by atoms with van der Waals surface area (Å²) in [7, 11) is 0. The number of rotatable bonds is 7. The van der Waals surface area contributed by atoms with E-state index in [1.54, 1.807) is 0 Å². The third-order valence-corrected chi connectivity index (χ3v) is 2.57. The first kappa shape index (κ1) is 15.1. The second-order valence-electron chi connectivity index (χ2n) is 4.58. The molecule has 106 valence electrons. The molecule has 1 aromatic rings. The Morgan fingerprint density at radius 3 is 2.68 bits per heavy atom. The Morgan fingerprint density at radius 2 is 2.16 bits per heavy atom. The summed E-state index contributed by atoms with van der Waals surface area (Å²) in [6, 6.07) is 0. The minimum absolute atomic E-state index is 0.0338. The number of amides is 1. The molecule has 0 fully saturated rings. The predicted molar refractivity (Wildman–Crippen MR) is 67.3 cm³/mol. The fraction of sp³-hybridized carbons (Fsp3) is 0.636. The smallest absolute Gasteiger partial charge is 0.358 e. The number of aromatic nitrogens is 3. The number of hydrogen-bond donors (Lipinski definition) is 3. The summed E-state index contributed by atoms with van der Waals surface area (Å²) in [6.45, 7) is 4.60. The van der Waals surface area contributed by atoms with Crippen molar-refractivity contribution in [3.05, 3.63) is 11.4 Å². The van der Waals surface area contributed by atoms with E-state index in [1.807, 2.05) is 0 Å². The average Bonchev–Trinajstić information content (AvgIpc) is 2.71. The van der Waals surface area contributed by atoms with Gasteiger partial charge < -0.3 is 16.2 Å². The molecule has 0 saturated heterocycles. The third kappa shape index (κ3) is 4.32. The van der Waals surface area contributed by atoms with Crippen LogP contribution in [0.1, 0.15) is 36.5 Å². The molecule has 8 heteroatoms. The fourth-order valence-corrected chi connectivity index (χ4v) is 1.52. The monoisotopic (exact) mass is 269 g/mol. The topological polar surface area (TPSA) is 123 Å². The summed E-state index contributed by atoms with van der Waals surface area (Å²) in [5.41, 5.74) is 5.48. The van der Waals surface area contributed by atoms with E-state index in [0.29, 0.717) is 12.5 Å². The van der Waals surface area contributed by atoms with E-state index in [0.717, 1.165) is 6.42 Å². The molecule has 0 aliphatic heterocycles. The first-order valence-electron chi connectivity index (χ1n) is 6.08. The lowest BCUT2D eigenvalue weighted by molar-refractivity contribution is -0.121. The van der Waals surface area contributed by atoms with Gasteiger partial charge >= 0.3 is 5.97 Å². The fourth-order valence-electron chi connectivity index (χ4n) is 1.52. The van der Waals surface area contributed by atoms with E-state index in [9.17, 15) is 9.59 Å². The Balaban J connectivity index is 2.62. The van der Waals surface area contributed by atoms with Crippen LogP contribution in [0.15, 0.2) is 0 Å². The van der Waals surface area contributed by atoms with Crippen LogP contribution in [0.2, 0.25) is 0 Å². The van der Waals surface area contributed by atoms with Gasteiger partial charge in [-0.25, -0.2) is 9.48 Å². The number of nitrogens with one attached hydrogen (secondary N) is 1. The van der Waals surface area contributed by atoms with Gasteiger partial charge in [-0.1, -0.05) is 19.1 Å². The molecule has 0 spiro atoms. The quantitative estimate of drug-likeness (QED) is 0.618. The third-order valence-electron chi connectivity index (χ3n) is 2.57. The largest absolute Gasteiger partial charge is 0.476 e. The maximum Gasteiger partial charge on any atom is 0.358 e. The average molecular weight is 269 g/mol. The van der Waals surface area contributed by atoms with Crippen LogP contribution in [0.5, 0.6) is 0 Å². The lowest BCUT2D eigenvalue weighted by Crippen LogP contribution is -2.30. The summed E-state index contributed by atoms with van der Waals surface area (Å²) >= 11 is 0. The zero-order valence-electron chi connectivity index (χ0n) is 11.1. The van der Waals surface area contributed by atoms with Gasteiger partial charge in [0.1, 0.15) is 6.54 Å². The molecule has 0 radical (unpaired) electrons. The van der Waals surface area contributed by atoms with Crippen LogP contribution in [-0.4, -0.2) is 38.5 Å². The molecular weight excluding hydrogens is 250 g/mol. The van der Waals surface area contributed by atoms with Crippen LogP contribution in [0, 0.1) is 5.92 Å². The summed E-state index contributed by atoms with van der Waals surface area (Å²) in [6.07, 6.45) is 0.882. The summed E-state index contributed by atoms with van der Waals surface area (Å²) < 4.78 is 1.22. The van der Waals surface area contributed by atoms with Crippen LogP contribution in [0.25, 0.3) is 0 Å². The molecule has 1 rings (SSSR count). The second kappa shape index (κ2) is 6.83. The molecule has 1 heterocycles.